The lowest BCUT2D eigenvalue weighted by Gasteiger charge is -2.17. The van der Waals surface area contributed by atoms with E-state index in [0.717, 1.165) is 15.7 Å². The first kappa shape index (κ1) is 14.3. The van der Waals surface area contributed by atoms with Gasteiger partial charge in [0.2, 0.25) is 0 Å². The van der Waals surface area contributed by atoms with Gasteiger partial charge in [-0.1, -0.05) is 6.92 Å². The molecule has 1 aromatic rings. The van der Waals surface area contributed by atoms with Crippen molar-refractivity contribution in [2.45, 2.75) is 39.3 Å². The zero-order valence-electron chi connectivity index (χ0n) is 10.4. The number of halogens is 1. The van der Waals surface area contributed by atoms with Gasteiger partial charge >= 0.3 is 0 Å². The third-order valence-electron chi connectivity index (χ3n) is 2.50. The summed E-state index contributed by atoms with van der Waals surface area (Å²) in [6.07, 6.45) is 0.450. The summed E-state index contributed by atoms with van der Waals surface area (Å²) in [7, 11) is 0. The molecule has 0 aliphatic carbocycles. The van der Waals surface area contributed by atoms with Crippen LogP contribution >= 0.6 is 22.6 Å². The van der Waals surface area contributed by atoms with Crippen LogP contribution in [-0.2, 0) is 4.79 Å². The van der Waals surface area contributed by atoms with E-state index in [4.69, 9.17) is 4.74 Å². The molecule has 4 heteroatoms. The molecule has 3 nitrogen and oxygen atoms in total. The minimum atomic E-state index is -0.468. The minimum Gasteiger partial charge on any atom is -0.481 e. The van der Waals surface area contributed by atoms with Crippen molar-refractivity contribution in [3.05, 3.63) is 27.8 Å². The van der Waals surface area contributed by atoms with Gasteiger partial charge in [0.1, 0.15) is 5.75 Å². The number of hydrogen-bond donors (Lipinski definition) is 1. The Hall–Kier alpha value is -0.780. The second kappa shape index (κ2) is 6.83. The van der Waals surface area contributed by atoms with Gasteiger partial charge in [-0.25, -0.2) is 0 Å². The third-order valence-corrected chi connectivity index (χ3v) is 3.22. The Balaban J connectivity index is 2.51. The van der Waals surface area contributed by atoms with Crippen LogP contribution in [0, 0.1) is 3.57 Å². The van der Waals surface area contributed by atoms with E-state index in [0.29, 0.717) is 0 Å². The smallest absolute Gasteiger partial charge is 0.260 e. The summed E-state index contributed by atoms with van der Waals surface area (Å²) in [6, 6.07) is 7.83. The number of carbonyl (C=O) groups excluding carboxylic acids is 1. The predicted octanol–water partition coefficient (Wildman–Crippen LogP) is 2.97. The average Bonchev–Trinajstić information content (AvgIpc) is 2.31. The molecular weight excluding hydrogens is 329 g/mol. The lowest BCUT2D eigenvalue weighted by atomic mass is 10.2. The number of amides is 1. The summed E-state index contributed by atoms with van der Waals surface area (Å²) in [5.74, 6) is 0.648. The zero-order chi connectivity index (χ0) is 12.8. The highest BCUT2D eigenvalue weighted by atomic mass is 127. The van der Waals surface area contributed by atoms with Crippen molar-refractivity contribution in [2.24, 2.45) is 0 Å². The average molecular weight is 347 g/mol. The van der Waals surface area contributed by atoms with Crippen LogP contribution in [0.5, 0.6) is 5.75 Å². The first-order valence-corrected chi connectivity index (χ1v) is 6.83. The fourth-order valence-corrected chi connectivity index (χ4v) is 1.59. The molecule has 0 spiro atoms. The van der Waals surface area contributed by atoms with E-state index in [9.17, 15) is 4.79 Å². The summed E-state index contributed by atoms with van der Waals surface area (Å²) in [5, 5.41) is 2.90. The van der Waals surface area contributed by atoms with Gasteiger partial charge < -0.3 is 10.1 Å². The maximum Gasteiger partial charge on any atom is 0.260 e. The van der Waals surface area contributed by atoms with Crippen LogP contribution in [0.3, 0.4) is 0 Å². The number of carbonyl (C=O) groups is 1. The van der Waals surface area contributed by atoms with Crippen molar-refractivity contribution in [2.75, 3.05) is 0 Å². The first-order chi connectivity index (χ1) is 8.02. The maximum absolute atomic E-state index is 11.7. The number of ether oxygens (including phenoxy) is 1. The zero-order valence-corrected chi connectivity index (χ0v) is 12.5. The molecule has 2 atom stereocenters. The fourth-order valence-electron chi connectivity index (χ4n) is 1.23. The van der Waals surface area contributed by atoms with Gasteiger partial charge in [-0.05, 0) is 67.1 Å². The van der Waals surface area contributed by atoms with Gasteiger partial charge in [0.15, 0.2) is 6.10 Å². The van der Waals surface area contributed by atoms with Gasteiger partial charge in [-0.2, -0.15) is 0 Å². The molecule has 1 amide bonds. The van der Waals surface area contributed by atoms with Crippen molar-refractivity contribution in [3.63, 3.8) is 0 Å². The quantitative estimate of drug-likeness (QED) is 0.832. The van der Waals surface area contributed by atoms with Gasteiger partial charge in [-0.3, -0.25) is 4.79 Å². The fraction of sp³-hybridized carbons (Fsp3) is 0.462. The van der Waals surface area contributed by atoms with Crippen molar-refractivity contribution in [3.8, 4) is 5.75 Å². The van der Waals surface area contributed by atoms with Crippen molar-refractivity contribution < 1.29 is 9.53 Å². The third kappa shape index (κ3) is 4.93. The Kier molecular flexibility index (Phi) is 5.74. The second-order valence-electron chi connectivity index (χ2n) is 4.03. The Morgan fingerprint density at radius 2 is 1.94 bits per heavy atom. The van der Waals surface area contributed by atoms with Gasteiger partial charge in [-0.15, -0.1) is 0 Å². The van der Waals surface area contributed by atoms with Crippen LogP contribution < -0.4 is 10.1 Å². The molecule has 0 heterocycles. The van der Waals surface area contributed by atoms with E-state index in [1.807, 2.05) is 38.1 Å². The summed E-state index contributed by atoms with van der Waals surface area (Å²) in [4.78, 5) is 11.7. The SMILES string of the molecule is CCC(C)NC(=O)C(C)Oc1ccc(I)cc1. The Morgan fingerprint density at radius 1 is 1.35 bits per heavy atom. The van der Waals surface area contributed by atoms with E-state index in [2.05, 4.69) is 27.9 Å². The highest BCUT2D eigenvalue weighted by Crippen LogP contribution is 2.15. The molecule has 0 aromatic heterocycles. The van der Waals surface area contributed by atoms with Crippen LogP contribution in [-0.4, -0.2) is 18.1 Å². The molecule has 0 bridgehead atoms. The van der Waals surface area contributed by atoms with Gasteiger partial charge in [0.25, 0.3) is 5.91 Å². The van der Waals surface area contributed by atoms with Gasteiger partial charge in [0.05, 0.1) is 0 Å². The van der Waals surface area contributed by atoms with Gasteiger partial charge in [0, 0.05) is 9.61 Å². The Labute approximate surface area is 116 Å². The van der Waals surface area contributed by atoms with Crippen molar-refractivity contribution >= 4 is 28.5 Å². The molecule has 0 aliphatic rings. The second-order valence-corrected chi connectivity index (χ2v) is 5.28. The van der Waals surface area contributed by atoms with Crippen LogP contribution in [0.4, 0.5) is 0 Å². The molecule has 17 heavy (non-hydrogen) atoms. The number of hydrogen-bond acceptors (Lipinski definition) is 2. The van der Waals surface area contributed by atoms with Crippen LogP contribution in [0.15, 0.2) is 24.3 Å². The molecule has 0 saturated heterocycles. The molecule has 0 fully saturated rings. The summed E-state index contributed by atoms with van der Waals surface area (Å²) < 4.78 is 6.71. The molecular formula is C13H18INO2. The van der Waals surface area contributed by atoms with E-state index in [1.54, 1.807) is 6.92 Å². The molecule has 94 valence electrons. The number of benzene rings is 1. The van der Waals surface area contributed by atoms with E-state index in [-0.39, 0.29) is 11.9 Å². The van der Waals surface area contributed by atoms with Crippen molar-refractivity contribution in [1.82, 2.24) is 5.32 Å². The topological polar surface area (TPSA) is 38.3 Å². The summed E-state index contributed by atoms with van der Waals surface area (Å²) in [5.41, 5.74) is 0. The molecule has 1 rings (SSSR count). The molecule has 0 saturated carbocycles. The number of rotatable bonds is 5. The normalized spacial score (nSPS) is 13.9. The van der Waals surface area contributed by atoms with Crippen molar-refractivity contribution in [1.29, 1.82) is 0 Å². The van der Waals surface area contributed by atoms with Crippen LogP contribution in [0.25, 0.3) is 0 Å². The van der Waals surface area contributed by atoms with Crippen LogP contribution in [0.2, 0.25) is 0 Å². The molecule has 1 aromatic carbocycles. The molecule has 1 N–H and O–H groups in total. The highest BCUT2D eigenvalue weighted by molar-refractivity contribution is 14.1. The molecule has 0 radical (unpaired) electrons. The lowest BCUT2D eigenvalue weighted by Crippen LogP contribution is -2.40. The highest BCUT2D eigenvalue weighted by Gasteiger charge is 2.15. The Morgan fingerprint density at radius 3 is 2.47 bits per heavy atom. The van der Waals surface area contributed by atoms with E-state index in [1.165, 1.54) is 0 Å². The standard InChI is InChI=1S/C13H18INO2/c1-4-9(2)15-13(16)10(3)17-12-7-5-11(14)6-8-12/h5-10H,4H2,1-3H3,(H,15,16). The minimum absolute atomic E-state index is 0.0714. The first-order valence-electron chi connectivity index (χ1n) is 5.75. The van der Waals surface area contributed by atoms with E-state index >= 15 is 0 Å². The summed E-state index contributed by atoms with van der Waals surface area (Å²) >= 11 is 2.23. The summed E-state index contributed by atoms with van der Waals surface area (Å²) in [6.45, 7) is 5.78. The predicted molar refractivity (Wildman–Crippen MR) is 77.1 cm³/mol. The Bertz CT molecular complexity index is 364. The maximum atomic E-state index is 11.7. The molecule has 2 unspecified atom stereocenters. The lowest BCUT2D eigenvalue weighted by molar-refractivity contribution is -0.127. The van der Waals surface area contributed by atoms with E-state index < -0.39 is 6.10 Å². The van der Waals surface area contributed by atoms with Crippen LogP contribution in [0.1, 0.15) is 27.2 Å². The number of nitrogens with one attached hydrogen (secondary N) is 1. The monoisotopic (exact) mass is 347 g/mol. The largest absolute Gasteiger partial charge is 0.481 e. The molecule has 0 aliphatic heterocycles.